The van der Waals surface area contributed by atoms with E-state index in [4.69, 9.17) is 9.47 Å². The predicted octanol–water partition coefficient (Wildman–Crippen LogP) is 5.76. The number of hydrogen-bond acceptors (Lipinski definition) is 6. The van der Waals surface area contributed by atoms with Crippen LogP contribution in [-0.2, 0) is 23.9 Å². The summed E-state index contributed by atoms with van der Waals surface area (Å²) >= 11 is 0. The number of piperidine rings is 1. The van der Waals surface area contributed by atoms with Gasteiger partial charge in [-0.2, -0.15) is 13.2 Å². The first-order valence-corrected chi connectivity index (χ1v) is 15.1. The molecule has 0 radical (unpaired) electrons. The van der Waals surface area contributed by atoms with Crippen molar-refractivity contribution in [3.05, 3.63) is 23.8 Å². The Balaban J connectivity index is 1.69. The van der Waals surface area contributed by atoms with Gasteiger partial charge in [-0.1, -0.05) is 45.9 Å². The van der Waals surface area contributed by atoms with E-state index in [0.717, 1.165) is 24.8 Å². The highest BCUT2D eigenvalue weighted by Gasteiger charge is 2.44. The minimum Gasteiger partial charge on any atom is -0.461 e. The Morgan fingerprint density at radius 1 is 1.15 bits per heavy atom. The highest BCUT2D eigenvalue weighted by atomic mass is 19.4. The fourth-order valence-corrected chi connectivity index (χ4v) is 6.32. The molecule has 3 aliphatic rings. The van der Waals surface area contributed by atoms with E-state index >= 15 is 0 Å². The molecule has 1 heterocycles. The first-order chi connectivity index (χ1) is 19.3. The van der Waals surface area contributed by atoms with Crippen molar-refractivity contribution in [3.63, 3.8) is 0 Å². The van der Waals surface area contributed by atoms with Crippen LogP contribution in [0, 0.1) is 29.6 Å². The topological polar surface area (TPSA) is 93.1 Å². The van der Waals surface area contributed by atoms with Gasteiger partial charge in [0.05, 0.1) is 18.4 Å². The van der Waals surface area contributed by atoms with Gasteiger partial charge in [-0.25, -0.2) is 4.79 Å². The molecule has 0 aromatic heterocycles. The van der Waals surface area contributed by atoms with Crippen LogP contribution >= 0.6 is 0 Å². The Bertz CT molecular complexity index is 973. The van der Waals surface area contributed by atoms with Crippen LogP contribution in [0.3, 0.4) is 0 Å². The largest absolute Gasteiger partial charge is 0.490 e. The standard InChI is InChI=1S/C31H46F3NO6/c1-5-20(3)29(38)41-26-16-19(2)15-22-10-9-21(4)25(28(22)26)12-11-23(36)17-24(40-30(39)31(32,33)34)18-27(37)35-13-7-6-8-14-35/h9-10,15,19-21,23-26,28,36H,5-8,11-14,16-18H2,1-4H3. The van der Waals surface area contributed by atoms with E-state index in [2.05, 4.69) is 32.1 Å². The second kappa shape index (κ2) is 14.7. The van der Waals surface area contributed by atoms with Gasteiger partial charge in [0, 0.05) is 25.4 Å². The van der Waals surface area contributed by atoms with Crippen molar-refractivity contribution < 1.29 is 42.1 Å². The molecule has 1 N–H and O–H groups in total. The average molecular weight is 586 g/mol. The lowest BCUT2D eigenvalue weighted by molar-refractivity contribution is -0.206. The quantitative estimate of drug-likeness (QED) is 0.310. The van der Waals surface area contributed by atoms with Crippen LogP contribution in [0.15, 0.2) is 23.8 Å². The van der Waals surface area contributed by atoms with E-state index in [1.807, 2.05) is 13.8 Å². The Labute approximate surface area is 241 Å². The molecule has 0 aromatic rings. The molecule has 41 heavy (non-hydrogen) atoms. The second-order valence-electron chi connectivity index (χ2n) is 12.2. The first kappa shape index (κ1) is 33.1. The van der Waals surface area contributed by atoms with E-state index < -0.39 is 30.8 Å². The van der Waals surface area contributed by atoms with Crippen LogP contribution in [-0.4, -0.2) is 65.4 Å². The number of fused-ring (bicyclic) bond motifs is 1. The molecule has 1 amide bonds. The number of amides is 1. The molecular formula is C31H46F3NO6. The maximum atomic E-state index is 13.0. The minimum absolute atomic E-state index is 0.0364. The van der Waals surface area contributed by atoms with Crippen molar-refractivity contribution in [2.75, 3.05) is 13.1 Å². The number of aliphatic hydroxyl groups excluding tert-OH is 1. The molecular weight excluding hydrogens is 539 g/mol. The second-order valence-corrected chi connectivity index (χ2v) is 12.2. The SMILES string of the molecule is CCC(C)C(=O)OC1CC(C)C=C2C=CC(C)C(CCC(O)CC(CC(=O)N3CCCCC3)OC(=O)C(F)(F)F)C21. The zero-order chi connectivity index (χ0) is 30.3. The third kappa shape index (κ3) is 9.32. The van der Waals surface area contributed by atoms with Crippen molar-refractivity contribution in [3.8, 4) is 0 Å². The molecule has 0 aromatic carbocycles. The number of rotatable bonds is 11. The normalized spacial score (nSPS) is 28.6. The van der Waals surface area contributed by atoms with Crippen molar-refractivity contribution >= 4 is 17.8 Å². The molecule has 0 spiro atoms. The summed E-state index contributed by atoms with van der Waals surface area (Å²) in [5.41, 5.74) is 1.10. The van der Waals surface area contributed by atoms with E-state index in [1.165, 1.54) is 0 Å². The number of hydrogen-bond donors (Lipinski definition) is 1. The van der Waals surface area contributed by atoms with E-state index in [-0.39, 0.29) is 60.4 Å². The monoisotopic (exact) mass is 585 g/mol. The summed E-state index contributed by atoms with van der Waals surface area (Å²) in [4.78, 5) is 38.7. The lowest BCUT2D eigenvalue weighted by Crippen LogP contribution is -2.42. The highest BCUT2D eigenvalue weighted by molar-refractivity contribution is 5.79. The third-order valence-electron chi connectivity index (χ3n) is 8.86. The summed E-state index contributed by atoms with van der Waals surface area (Å²) in [5.74, 6) is -2.81. The van der Waals surface area contributed by atoms with Gasteiger partial charge in [0.15, 0.2) is 0 Å². The van der Waals surface area contributed by atoms with Crippen molar-refractivity contribution in [1.82, 2.24) is 4.90 Å². The number of esters is 2. The maximum absolute atomic E-state index is 13.0. The predicted molar refractivity (Wildman–Crippen MR) is 147 cm³/mol. The maximum Gasteiger partial charge on any atom is 0.490 e. The number of nitrogens with zero attached hydrogens (tertiary/aromatic N) is 1. The van der Waals surface area contributed by atoms with Crippen LogP contribution in [0.2, 0.25) is 0 Å². The number of likely N-dealkylation sites (tertiary alicyclic amines) is 1. The average Bonchev–Trinajstić information content (AvgIpc) is 2.91. The lowest BCUT2D eigenvalue weighted by Gasteiger charge is -2.43. The summed E-state index contributed by atoms with van der Waals surface area (Å²) in [5, 5.41) is 10.9. The Hall–Kier alpha value is -2.36. The zero-order valence-corrected chi connectivity index (χ0v) is 24.7. The molecule has 0 saturated carbocycles. The van der Waals surface area contributed by atoms with Gasteiger partial charge in [-0.15, -0.1) is 0 Å². The van der Waals surface area contributed by atoms with E-state index in [0.29, 0.717) is 32.4 Å². The lowest BCUT2D eigenvalue weighted by atomic mass is 9.65. The number of ether oxygens (including phenoxy) is 2. The Morgan fingerprint density at radius 2 is 1.83 bits per heavy atom. The molecule has 232 valence electrons. The summed E-state index contributed by atoms with van der Waals surface area (Å²) in [6.07, 6.45) is 2.54. The first-order valence-electron chi connectivity index (χ1n) is 15.1. The molecule has 0 bridgehead atoms. The highest BCUT2D eigenvalue weighted by Crippen LogP contribution is 2.45. The number of alkyl halides is 3. The van der Waals surface area contributed by atoms with Crippen molar-refractivity contribution in [2.24, 2.45) is 29.6 Å². The molecule has 3 rings (SSSR count). The summed E-state index contributed by atoms with van der Waals surface area (Å²) in [6, 6.07) is 0. The number of carbonyl (C=O) groups is 3. The number of carbonyl (C=O) groups excluding carboxylic acids is 3. The van der Waals surface area contributed by atoms with Crippen LogP contribution in [0.5, 0.6) is 0 Å². The fraction of sp³-hybridized carbons (Fsp3) is 0.774. The number of allylic oxidation sites excluding steroid dienone is 3. The minimum atomic E-state index is -5.19. The van der Waals surface area contributed by atoms with Crippen LogP contribution in [0.4, 0.5) is 13.2 Å². The third-order valence-corrected chi connectivity index (χ3v) is 8.86. The van der Waals surface area contributed by atoms with Crippen molar-refractivity contribution in [1.29, 1.82) is 0 Å². The molecule has 1 saturated heterocycles. The molecule has 8 atom stereocenters. The number of halogens is 3. The zero-order valence-electron chi connectivity index (χ0n) is 24.7. The molecule has 7 nitrogen and oxygen atoms in total. The van der Waals surface area contributed by atoms with Crippen LogP contribution in [0.1, 0.15) is 85.5 Å². The summed E-state index contributed by atoms with van der Waals surface area (Å²) in [7, 11) is 0. The van der Waals surface area contributed by atoms with Gasteiger partial charge in [0.25, 0.3) is 0 Å². The molecule has 8 unspecified atom stereocenters. The Morgan fingerprint density at radius 3 is 2.46 bits per heavy atom. The summed E-state index contributed by atoms with van der Waals surface area (Å²) < 4.78 is 49.7. The van der Waals surface area contributed by atoms with Gasteiger partial charge < -0.3 is 19.5 Å². The molecule has 1 aliphatic heterocycles. The molecule has 10 heteroatoms. The van der Waals surface area contributed by atoms with E-state index in [9.17, 15) is 32.7 Å². The van der Waals surface area contributed by atoms with Crippen LogP contribution < -0.4 is 0 Å². The summed E-state index contributed by atoms with van der Waals surface area (Å²) in [6.45, 7) is 8.99. The van der Waals surface area contributed by atoms with Gasteiger partial charge >= 0.3 is 18.1 Å². The van der Waals surface area contributed by atoms with Gasteiger partial charge in [0.2, 0.25) is 5.91 Å². The molecule has 1 fully saturated rings. The van der Waals surface area contributed by atoms with Crippen LogP contribution in [0.25, 0.3) is 0 Å². The smallest absolute Gasteiger partial charge is 0.461 e. The van der Waals surface area contributed by atoms with Gasteiger partial charge in [-0.05, 0) is 68.3 Å². The fourth-order valence-electron chi connectivity index (χ4n) is 6.32. The van der Waals surface area contributed by atoms with Gasteiger partial charge in [-0.3, -0.25) is 9.59 Å². The number of aliphatic hydroxyl groups is 1. The van der Waals surface area contributed by atoms with Crippen molar-refractivity contribution in [2.45, 2.75) is 110 Å². The molecule has 2 aliphatic carbocycles. The van der Waals surface area contributed by atoms with Gasteiger partial charge in [0.1, 0.15) is 12.2 Å². The Kier molecular flexibility index (Phi) is 11.9. The van der Waals surface area contributed by atoms with E-state index in [1.54, 1.807) is 4.90 Å².